The van der Waals surface area contributed by atoms with Gasteiger partial charge in [-0.1, -0.05) is 60.7 Å². The van der Waals surface area contributed by atoms with E-state index in [2.05, 4.69) is 52.7 Å². The van der Waals surface area contributed by atoms with Crippen molar-refractivity contribution >= 4 is 0 Å². The zero-order valence-electron chi connectivity index (χ0n) is 13.6. The zero-order chi connectivity index (χ0) is 15.9. The molecule has 3 heteroatoms. The molecule has 0 amide bonds. The lowest BCUT2D eigenvalue weighted by molar-refractivity contribution is 0.230. The van der Waals surface area contributed by atoms with Crippen molar-refractivity contribution in [1.29, 1.82) is 0 Å². The fraction of sp³-hybridized carbons (Fsp3) is 0.400. The maximum atomic E-state index is 9.68. The lowest BCUT2D eigenvalue weighted by Crippen LogP contribution is -2.37. The number of benzene rings is 2. The molecule has 0 saturated carbocycles. The largest absolute Gasteiger partial charge is 0.394 e. The first-order valence-corrected chi connectivity index (χ1v) is 8.53. The van der Waals surface area contributed by atoms with Gasteiger partial charge in [0.15, 0.2) is 0 Å². The zero-order valence-corrected chi connectivity index (χ0v) is 13.6. The first-order chi connectivity index (χ1) is 11.3. The van der Waals surface area contributed by atoms with E-state index >= 15 is 0 Å². The third kappa shape index (κ3) is 4.64. The smallest absolute Gasteiger partial charge is 0.0626 e. The number of nitrogens with zero attached hydrogens (tertiary/aromatic N) is 1. The minimum Gasteiger partial charge on any atom is -0.394 e. The Morgan fingerprint density at radius 2 is 1.74 bits per heavy atom. The van der Waals surface area contributed by atoms with E-state index in [9.17, 15) is 5.11 Å². The van der Waals surface area contributed by atoms with E-state index in [0.29, 0.717) is 6.04 Å². The van der Waals surface area contributed by atoms with E-state index in [1.807, 2.05) is 18.2 Å². The number of rotatable bonds is 7. The average molecular weight is 310 g/mol. The molecule has 0 aliphatic carbocycles. The second-order valence-corrected chi connectivity index (χ2v) is 6.33. The van der Waals surface area contributed by atoms with Crippen LogP contribution in [0.25, 0.3) is 0 Å². The van der Waals surface area contributed by atoms with Gasteiger partial charge in [-0.2, -0.15) is 0 Å². The summed E-state index contributed by atoms with van der Waals surface area (Å²) in [6.45, 7) is 3.45. The predicted octanol–water partition coefficient (Wildman–Crippen LogP) is 2.63. The van der Waals surface area contributed by atoms with Crippen LogP contribution in [0, 0.1) is 0 Å². The summed E-state index contributed by atoms with van der Waals surface area (Å²) >= 11 is 0. The fourth-order valence-electron chi connectivity index (χ4n) is 3.33. The van der Waals surface area contributed by atoms with Crippen LogP contribution < -0.4 is 5.32 Å². The molecule has 0 radical (unpaired) electrons. The number of aliphatic hydroxyl groups is 1. The van der Waals surface area contributed by atoms with Crippen LogP contribution in [0.3, 0.4) is 0 Å². The minimum atomic E-state index is 0.0373. The summed E-state index contributed by atoms with van der Waals surface area (Å²) in [5, 5.41) is 13.3. The Bertz CT molecular complexity index is 573. The van der Waals surface area contributed by atoms with E-state index in [4.69, 9.17) is 0 Å². The van der Waals surface area contributed by atoms with E-state index in [1.165, 1.54) is 5.56 Å². The average Bonchev–Trinajstić information content (AvgIpc) is 3.07. The van der Waals surface area contributed by atoms with Crippen LogP contribution in [0.5, 0.6) is 0 Å². The van der Waals surface area contributed by atoms with Crippen molar-refractivity contribution in [3.05, 3.63) is 71.8 Å². The third-order valence-corrected chi connectivity index (χ3v) is 4.65. The van der Waals surface area contributed by atoms with Gasteiger partial charge in [0.25, 0.3) is 0 Å². The Morgan fingerprint density at radius 1 is 1.04 bits per heavy atom. The molecule has 2 N–H and O–H groups in total. The molecule has 122 valence electrons. The second kappa shape index (κ2) is 8.25. The molecule has 2 unspecified atom stereocenters. The molecule has 1 heterocycles. The molecule has 2 aromatic rings. The van der Waals surface area contributed by atoms with Crippen molar-refractivity contribution in [2.45, 2.75) is 24.9 Å². The maximum absolute atomic E-state index is 9.68. The van der Waals surface area contributed by atoms with Crippen LogP contribution in [0.4, 0.5) is 0 Å². The minimum absolute atomic E-state index is 0.0373. The monoisotopic (exact) mass is 310 g/mol. The molecule has 0 bridgehead atoms. The first-order valence-electron chi connectivity index (χ1n) is 8.53. The molecule has 1 aliphatic heterocycles. The molecule has 0 spiro atoms. The molecule has 23 heavy (non-hydrogen) atoms. The van der Waals surface area contributed by atoms with Gasteiger partial charge in [0.05, 0.1) is 12.6 Å². The molecule has 0 aromatic heterocycles. The number of nitrogens with one attached hydrogen (secondary N) is 1. The third-order valence-electron chi connectivity index (χ3n) is 4.65. The number of hydrogen-bond acceptors (Lipinski definition) is 3. The van der Waals surface area contributed by atoms with Crippen molar-refractivity contribution in [2.24, 2.45) is 0 Å². The maximum Gasteiger partial charge on any atom is 0.0626 e. The van der Waals surface area contributed by atoms with Crippen molar-refractivity contribution in [1.82, 2.24) is 10.2 Å². The molecular weight excluding hydrogens is 284 g/mol. The van der Waals surface area contributed by atoms with Gasteiger partial charge in [-0.05, 0) is 30.5 Å². The second-order valence-electron chi connectivity index (χ2n) is 6.33. The van der Waals surface area contributed by atoms with Crippen molar-refractivity contribution < 1.29 is 5.11 Å². The van der Waals surface area contributed by atoms with Crippen molar-refractivity contribution in [3.8, 4) is 0 Å². The summed E-state index contributed by atoms with van der Waals surface area (Å²) in [5.41, 5.74) is 2.57. The summed E-state index contributed by atoms with van der Waals surface area (Å²) in [6, 6.07) is 21.4. The Balaban J connectivity index is 1.47. The SMILES string of the molecule is OCC(NC1CCN(CCc2ccccc2)C1)c1ccccc1. The highest BCUT2D eigenvalue weighted by Gasteiger charge is 2.24. The van der Waals surface area contributed by atoms with Gasteiger partial charge in [-0.25, -0.2) is 0 Å². The van der Waals surface area contributed by atoms with Crippen LogP contribution in [-0.2, 0) is 6.42 Å². The van der Waals surface area contributed by atoms with E-state index in [-0.39, 0.29) is 12.6 Å². The van der Waals surface area contributed by atoms with Crippen molar-refractivity contribution in [3.63, 3.8) is 0 Å². The number of hydrogen-bond donors (Lipinski definition) is 2. The molecule has 1 fully saturated rings. The van der Waals surface area contributed by atoms with Gasteiger partial charge in [-0.3, -0.25) is 0 Å². The summed E-state index contributed by atoms with van der Waals surface area (Å²) in [5.74, 6) is 0. The quantitative estimate of drug-likeness (QED) is 0.825. The van der Waals surface area contributed by atoms with Gasteiger partial charge in [0.2, 0.25) is 0 Å². The topological polar surface area (TPSA) is 35.5 Å². The Kier molecular flexibility index (Phi) is 5.81. The fourth-order valence-corrected chi connectivity index (χ4v) is 3.33. The summed E-state index contributed by atoms with van der Waals surface area (Å²) in [7, 11) is 0. The van der Waals surface area contributed by atoms with Gasteiger partial charge in [0, 0.05) is 19.1 Å². The molecule has 2 atom stereocenters. The molecular formula is C20H26N2O. The molecule has 3 nitrogen and oxygen atoms in total. The summed E-state index contributed by atoms with van der Waals surface area (Å²) < 4.78 is 0. The molecule has 3 rings (SSSR count). The van der Waals surface area contributed by atoms with E-state index < -0.39 is 0 Å². The molecule has 1 aliphatic rings. The Labute approximate surface area is 139 Å². The lowest BCUT2D eigenvalue weighted by atomic mass is 10.1. The highest BCUT2D eigenvalue weighted by molar-refractivity contribution is 5.19. The Hall–Kier alpha value is -1.68. The van der Waals surface area contributed by atoms with Gasteiger partial charge in [0.1, 0.15) is 0 Å². The van der Waals surface area contributed by atoms with Gasteiger partial charge in [-0.15, -0.1) is 0 Å². The number of aliphatic hydroxyl groups excluding tert-OH is 1. The van der Waals surface area contributed by atoms with Crippen molar-refractivity contribution in [2.75, 3.05) is 26.2 Å². The van der Waals surface area contributed by atoms with Crippen LogP contribution >= 0.6 is 0 Å². The summed E-state index contributed by atoms with van der Waals surface area (Å²) in [6.07, 6.45) is 2.26. The Morgan fingerprint density at radius 3 is 2.43 bits per heavy atom. The molecule has 1 saturated heterocycles. The highest BCUT2D eigenvalue weighted by atomic mass is 16.3. The highest BCUT2D eigenvalue weighted by Crippen LogP contribution is 2.17. The first kappa shape index (κ1) is 16.2. The summed E-state index contributed by atoms with van der Waals surface area (Å²) in [4.78, 5) is 2.52. The van der Waals surface area contributed by atoms with E-state index in [1.54, 1.807) is 0 Å². The normalized spacial score (nSPS) is 19.8. The molecule has 2 aromatic carbocycles. The van der Waals surface area contributed by atoms with Crippen LogP contribution in [0.2, 0.25) is 0 Å². The predicted molar refractivity (Wildman–Crippen MR) is 94.4 cm³/mol. The lowest BCUT2D eigenvalue weighted by Gasteiger charge is -2.22. The number of likely N-dealkylation sites (tertiary alicyclic amines) is 1. The van der Waals surface area contributed by atoms with E-state index in [0.717, 1.165) is 38.0 Å². The van der Waals surface area contributed by atoms with Crippen LogP contribution in [0.1, 0.15) is 23.6 Å². The van der Waals surface area contributed by atoms with Gasteiger partial charge >= 0.3 is 0 Å². The van der Waals surface area contributed by atoms with Crippen LogP contribution in [-0.4, -0.2) is 42.3 Å². The standard InChI is InChI=1S/C20H26N2O/c23-16-20(18-9-5-2-6-10-18)21-19-12-14-22(15-19)13-11-17-7-3-1-4-8-17/h1-10,19-21,23H,11-16H2. The van der Waals surface area contributed by atoms with Crippen LogP contribution in [0.15, 0.2) is 60.7 Å². The van der Waals surface area contributed by atoms with Gasteiger partial charge < -0.3 is 15.3 Å².